The van der Waals surface area contributed by atoms with Crippen LogP contribution in [0, 0.1) is 5.41 Å². The summed E-state index contributed by atoms with van der Waals surface area (Å²) in [5, 5.41) is 6.86. The largest absolute Gasteiger partial charge is 0.438 e. The summed E-state index contributed by atoms with van der Waals surface area (Å²) >= 11 is 0. The van der Waals surface area contributed by atoms with Gasteiger partial charge in [-0.05, 0) is 51.1 Å². The van der Waals surface area contributed by atoms with E-state index in [0.717, 1.165) is 39.4 Å². The van der Waals surface area contributed by atoms with Gasteiger partial charge in [-0.3, -0.25) is 0 Å². The molecule has 0 N–H and O–H groups in total. The first kappa shape index (κ1) is 19.0. The zero-order chi connectivity index (χ0) is 21.9. The molecule has 0 aliphatic heterocycles. The molecule has 0 bridgehead atoms. The molecule has 156 valence electrons. The van der Waals surface area contributed by atoms with E-state index in [2.05, 4.69) is 92.5 Å². The number of nitrogens with zero attached hydrogens (tertiary/aromatic N) is 2. The highest BCUT2D eigenvalue weighted by atomic mass is 16.3. The maximum absolute atomic E-state index is 6.17. The molecule has 4 aromatic carbocycles. The highest BCUT2D eigenvalue weighted by Gasteiger charge is 2.19. The summed E-state index contributed by atoms with van der Waals surface area (Å²) in [4.78, 5) is 9.23. The minimum atomic E-state index is 0.217. The van der Waals surface area contributed by atoms with Crippen LogP contribution in [0.3, 0.4) is 0 Å². The molecule has 0 unspecified atom stereocenters. The Labute approximate surface area is 186 Å². The topological polar surface area (TPSA) is 38.9 Å². The molecule has 3 heteroatoms. The van der Waals surface area contributed by atoms with Crippen LogP contribution in [0.25, 0.3) is 54.9 Å². The first-order chi connectivity index (χ1) is 15.5. The third-order valence-electron chi connectivity index (χ3n) is 6.12. The summed E-state index contributed by atoms with van der Waals surface area (Å²) < 4.78 is 6.17. The zero-order valence-corrected chi connectivity index (χ0v) is 18.5. The Balaban J connectivity index is 1.66. The molecule has 0 radical (unpaired) electrons. The average Bonchev–Trinajstić information content (AvgIpc) is 3.14. The number of furan rings is 1. The van der Waals surface area contributed by atoms with Crippen molar-refractivity contribution in [2.45, 2.75) is 27.2 Å². The van der Waals surface area contributed by atoms with E-state index >= 15 is 0 Å². The lowest BCUT2D eigenvalue weighted by Gasteiger charge is -2.20. The van der Waals surface area contributed by atoms with Crippen molar-refractivity contribution in [1.82, 2.24) is 9.97 Å². The van der Waals surface area contributed by atoms with Crippen molar-refractivity contribution in [3.8, 4) is 11.3 Å². The Morgan fingerprint density at radius 3 is 2.31 bits per heavy atom. The lowest BCUT2D eigenvalue weighted by molar-refractivity contribution is 0.412. The van der Waals surface area contributed by atoms with Gasteiger partial charge in [0.1, 0.15) is 11.9 Å². The van der Waals surface area contributed by atoms with E-state index < -0.39 is 0 Å². The molecule has 0 amide bonds. The maximum Gasteiger partial charge on any atom is 0.230 e. The summed E-state index contributed by atoms with van der Waals surface area (Å²) in [6.07, 6.45) is 2.63. The molecule has 32 heavy (non-hydrogen) atoms. The van der Waals surface area contributed by atoms with E-state index in [1.54, 1.807) is 6.33 Å². The molecule has 0 atom stereocenters. The second-order valence-corrected chi connectivity index (χ2v) is 9.76. The van der Waals surface area contributed by atoms with Gasteiger partial charge >= 0.3 is 0 Å². The van der Waals surface area contributed by atoms with E-state index in [1.807, 2.05) is 6.07 Å². The Morgan fingerprint density at radius 2 is 1.50 bits per heavy atom. The number of benzene rings is 4. The van der Waals surface area contributed by atoms with Gasteiger partial charge in [-0.25, -0.2) is 9.97 Å². The Kier molecular flexibility index (Phi) is 4.09. The molecule has 0 saturated heterocycles. The van der Waals surface area contributed by atoms with E-state index in [0.29, 0.717) is 5.71 Å². The van der Waals surface area contributed by atoms with Crippen LogP contribution in [-0.2, 0) is 6.42 Å². The molecule has 3 nitrogen and oxygen atoms in total. The third-order valence-corrected chi connectivity index (χ3v) is 6.12. The molecular formula is C29H24N2O. The van der Waals surface area contributed by atoms with Crippen LogP contribution in [0.4, 0.5) is 0 Å². The van der Waals surface area contributed by atoms with Crippen molar-refractivity contribution in [2.75, 3.05) is 0 Å². The van der Waals surface area contributed by atoms with Crippen molar-refractivity contribution in [2.24, 2.45) is 5.41 Å². The van der Waals surface area contributed by atoms with Crippen molar-refractivity contribution in [1.29, 1.82) is 0 Å². The first-order valence-corrected chi connectivity index (χ1v) is 11.0. The lowest BCUT2D eigenvalue weighted by Crippen LogP contribution is -2.09. The SMILES string of the molecule is CC(C)(C)Cc1cccc2c(-c3ncnc4oc5cc6ccccc6cc5c34)cccc12. The quantitative estimate of drug-likeness (QED) is 0.287. The van der Waals surface area contributed by atoms with Crippen LogP contribution < -0.4 is 0 Å². The fourth-order valence-electron chi connectivity index (χ4n) is 4.80. The highest BCUT2D eigenvalue weighted by Crippen LogP contribution is 2.39. The summed E-state index contributed by atoms with van der Waals surface area (Å²) in [5.41, 5.74) is 5.08. The van der Waals surface area contributed by atoms with Gasteiger partial charge in [0.15, 0.2) is 0 Å². The van der Waals surface area contributed by atoms with Crippen molar-refractivity contribution in [3.05, 3.63) is 84.7 Å². The van der Waals surface area contributed by atoms with E-state index in [9.17, 15) is 0 Å². The second-order valence-electron chi connectivity index (χ2n) is 9.76. The van der Waals surface area contributed by atoms with Gasteiger partial charge in [0.25, 0.3) is 0 Å². The van der Waals surface area contributed by atoms with Gasteiger partial charge in [0.05, 0.1) is 11.1 Å². The van der Waals surface area contributed by atoms with Crippen LogP contribution in [0.1, 0.15) is 26.3 Å². The minimum absolute atomic E-state index is 0.217. The molecule has 2 heterocycles. The molecular weight excluding hydrogens is 392 g/mol. The molecule has 0 fully saturated rings. The van der Waals surface area contributed by atoms with Gasteiger partial charge in [0, 0.05) is 10.9 Å². The summed E-state index contributed by atoms with van der Waals surface area (Å²) in [5.74, 6) is 0. The van der Waals surface area contributed by atoms with E-state index in [4.69, 9.17) is 9.40 Å². The number of hydrogen-bond acceptors (Lipinski definition) is 3. The van der Waals surface area contributed by atoms with Crippen LogP contribution in [0.2, 0.25) is 0 Å². The second kappa shape index (κ2) is 6.89. The van der Waals surface area contributed by atoms with Gasteiger partial charge < -0.3 is 4.42 Å². The zero-order valence-electron chi connectivity index (χ0n) is 18.5. The fourth-order valence-corrected chi connectivity index (χ4v) is 4.80. The Morgan fingerprint density at radius 1 is 0.750 bits per heavy atom. The van der Waals surface area contributed by atoms with Crippen LogP contribution >= 0.6 is 0 Å². The molecule has 0 spiro atoms. The number of aromatic nitrogens is 2. The van der Waals surface area contributed by atoms with Gasteiger partial charge in [-0.2, -0.15) is 0 Å². The predicted octanol–water partition coefficient (Wildman–Crippen LogP) is 7.94. The number of hydrogen-bond donors (Lipinski definition) is 0. The predicted molar refractivity (Wildman–Crippen MR) is 133 cm³/mol. The molecule has 2 aromatic heterocycles. The van der Waals surface area contributed by atoms with Gasteiger partial charge in [0.2, 0.25) is 5.71 Å². The lowest BCUT2D eigenvalue weighted by atomic mass is 9.85. The van der Waals surface area contributed by atoms with Gasteiger partial charge in [-0.15, -0.1) is 0 Å². The Hall–Kier alpha value is -3.72. The van der Waals surface area contributed by atoms with E-state index in [-0.39, 0.29) is 5.41 Å². The molecule has 0 aliphatic carbocycles. The summed E-state index contributed by atoms with van der Waals surface area (Å²) in [6.45, 7) is 6.85. The number of rotatable bonds is 2. The minimum Gasteiger partial charge on any atom is -0.438 e. The maximum atomic E-state index is 6.17. The van der Waals surface area contributed by atoms with E-state index in [1.165, 1.54) is 21.7 Å². The molecule has 0 saturated carbocycles. The van der Waals surface area contributed by atoms with Crippen molar-refractivity contribution >= 4 is 43.6 Å². The fraction of sp³-hybridized carbons (Fsp3) is 0.172. The molecule has 6 aromatic rings. The van der Waals surface area contributed by atoms with Crippen LogP contribution in [-0.4, -0.2) is 9.97 Å². The highest BCUT2D eigenvalue weighted by molar-refractivity contribution is 6.15. The average molecular weight is 417 g/mol. The summed E-state index contributed by atoms with van der Waals surface area (Å²) in [6, 6.07) is 25.8. The molecule has 6 rings (SSSR count). The Bertz CT molecular complexity index is 1640. The van der Waals surface area contributed by atoms with Gasteiger partial charge in [-0.1, -0.05) is 81.4 Å². The smallest absolute Gasteiger partial charge is 0.230 e. The van der Waals surface area contributed by atoms with Crippen molar-refractivity contribution < 1.29 is 4.42 Å². The monoisotopic (exact) mass is 416 g/mol. The number of fused-ring (bicyclic) bond motifs is 5. The summed E-state index contributed by atoms with van der Waals surface area (Å²) in [7, 11) is 0. The normalized spacial score (nSPS) is 12.3. The van der Waals surface area contributed by atoms with Crippen LogP contribution in [0.15, 0.2) is 83.5 Å². The first-order valence-electron chi connectivity index (χ1n) is 11.0. The van der Waals surface area contributed by atoms with Crippen molar-refractivity contribution in [3.63, 3.8) is 0 Å². The van der Waals surface area contributed by atoms with Crippen LogP contribution in [0.5, 0.6) is 0 Å². The third kappa shape index (κ3) is 3.04. The standard InChI is InChI=1S/C29H24N2O/c1-29(2,3)16-20-10-6-12-22-21(20)11-7-13-23(22)27-26-24-14-18-8-4-5-9-19(18)15-25(24)32-28(26)31-17-30-27/h4-15,17H,16H2,1-3H3. The molecule has 0 aliphatic rings.